The van der Waals surface area contributed by atoms with Gasteiger partial charge in [0.25, 0.3) is 0 Å². The molecular weight excluding hydrogens is 230 g/mol. The molecule has 0 bridgehead atoms. The molecule has 1 nitrogen and oxygen atoms in total. The average Bonchev–Trinajstić information content (AvgIpc) is 2.32. The molecule has 0 aromatic carbocycles. The van der Waals surface area contributed by atoms with Gasteiger partial charge in [-0.15, -0.1) is 0 Å². The van der Waals surface area contributed by atoms with Gasteiger partial charge in [0.1, 0.15) is 0 Å². The Morgan fingerprint density at radius 1 is 1.21 bits per heavy atom. The topological polar surface area (TPSA) is 12.4 Å². The largest absolute Gasteiger partial charge is 0.297 e. The van der Waals surface area contributed by atoms with E-state index in [0.717, 1.165) is 18.3 Å². The first-order valence-electron chi connectivity index (χ1n) is 8.13. The van der Waals surface area contributed by atoms with E-state index in [1.54, 1.807) is 5.57 Å². The van der Waals surface area contributed by atoms with Gasteiger partial charge in [0.2, 0.25) is 0 Å². The Morgan fingerprint density at radius 2 is 1.89 bits per heavy atom. The van der Waals surface area contributed by atoms with E-state index < -0.39 is 0 Å². The third kappa shape index (κ3) is 4.47. The Balaban J connectivity index is 2.92. The van der Waals surface area contributed by atoms with Crippen molar-refractivity contribution < 1.29 is 0 Å². The lowest BCUT2D eigenvalue weighted by molar-refractivity contribution is 0.307. The van der Waals surface area contributed by atoms with Crippen LogP contribution in [0.3, 0.4) is 0 Å². The van der Waals surface area contributed by atoms with Crippen LogP contribution in [0.15, 0.2) is 16.1 Å². The maximum absolute atomic E-state index is 4.57. The molecule has 1 rings (SSSR count). The molecule has 1 aliphatic carbocycles. The summed E-state index contributed by atoms with van der Waals surface area (Å²) in [6, 6.07) is 0. The monoisotopic (exact) mass is 263 g/mol. The predicted molar refractivity (Wildman–Crippen MR) is 86.9 cm³/mol. The van der Waals surface area contributed by atoms with Gasteiger partial charge in [0.15, 0.2) is 0 Å². The minimum absolute atomic E-state index is 0.633. The maximum atomic E-state index is 4.57. The van der Waals surface area contributed by atoms with Crippen LogP contribution < -0.4 is 0 Å². The summed E-state index contributed by atoms with van der Waals surface area (Å²) in [6.45, 7) is 11.6. The van der Waals surface area contributed by atoms with Crippen LogP contribution >= 0.6 is 0 Å². The van der Waals surface area contributed by atoms with Crippen molar-refractivity contribution in [2.45, 2.75) is 73.1 Å². The molecule has 0 aromatic heterocycles. The summed E-state index contributed by atoms with van der Waals surface area (Å²) in [5.41, 5.74) is 4.64. The molecule has 19 heavy (non-hydrogen) atoms. The number of allylic oxidation sites excluding steroid dienone is 2. The Kier molecular flexibility index (Phi) is 6.82. The lowest BCUT2D eigenvalue weighted by Crippen LogP contribution is -2.22. The molecule has 0 aliphatic heterocycles. The van der Waals surface area contributed by atoms with E-state index >= 15 is 0 Å². The molecule has 1 saturated carbocycles. The predicted octanol–water partition coefficient (Wildman–Crippen LogP) is 5.66. The van der Waals surface area contributed by atoms with Crippen LogP contribution in [0.2, 0.25) is 0 Å². The minimum Gasteiger partial charge on any atom is -0.297 e. The lowest BCUT2D eigenvalue weighted by Gasteiger charge is -2.30. The fraction of sp³-hybridized carbons (Fsp3) is 0.833. The molecule has 2 atom stereocenters. The zero-order valence-electron chi connectivity index (χ0n) is 13.9. The molecule has 0 radical (unpaired) electrons. The first-order valence-corrected chi connectivity index (χ1v) is 8.13. The summed E-state index contributed by atoms with van der Waals surface area (Å²) < 4.78 is 0. The van der Waals surface area contributed by atoms with Crippen molar-refractivity contribution in [2.75, 3.05) is 7.05 Å². The summed E-state index contributed by atoms with van der Waals surface area (Å²) in [5.74, 6) is 2.38. The molecule has 110 valence electrons. The van der Waals surface area contributed by atoms with Crippen molar-refractivity contribution in [3.63, 3.8) is 0 Å². The van der Waals surface area contributed by atoms with Gasteiger partial charge in [-0.05, 0) is 51.4 Å². The van der Waals surface area contributed by atoms with E-state index in [0.29, 0.717) is 5.92 Å². The Hall–Kier alpha value is -0.590. The van der Waals surface area contributed by atoms with Crippen LogP contribution in [0, 0.1) is 17.8 Å². The number of nitrogens with zero attached hydrogens (tertiary/aromatic N) is 1. The summed E-state index contributed by atoms with van der Waals surface area (Å²) in [7, 11) is 1.97. The van der Waals surface area contributed by atoms with Crippen molar-refractivity contribution in [1.82, 2.24) is 0 Å². The summed E-state index contributed by atoms with van der Waals surface area (Å²) in [6.07, 6.45) is 7.84. The zero-order chi connectivity index (χ0) is 14.4. The second-order valence-corrected chi connectivity index (χ2v) is 6.62. The molecular formula is C18H33N. The molecule has 0 heterocycles. The van der Waals surface area contributed by atoms with Crippen LogP contribution in [-0.4, -0.2) is 12.8 Å². The highest BCUT2D eigenvalue weighted by Gasteiger charge is 2.25. The standard InChI is InChI=1S/C18H33N/c1-7-18(19-6)17-10-8-9-15(13(2)3)11-12-16(17)14(4)5/h13,15,17H,7-12H2,1-6H3/b19-18-. The van der Waals surface area contributed by atoms with E-state index in [9.17, 15) is 0 Å². The fourth-order valence-corrected chi connectivity index (χ4v) is 3.61. The molecule has 0 amide bonds. The highest BCUT2D eigenvalue weighted by atomic mass is 14.7. The highest BCUT2D eigenvalue weighted by Crippen LogP contribution is 2.36. The van der Waals surface area contributed by atoms with Crippen molar-refractivity contribution >= 4 is 5.71 Å². The second-order valence-electron chi connectivity index (χ2n) is 6.62. The molecule has 0 spiro atoms. The lowest BCUT2D eigenvalue weighted by atomic mass is 9.75. The number of rotatable bonds is 3. The molecule has 0 aromatic rings. The van der Waals surface area contributed by atoms with Gasteiger partial charge in [-0.2, -0.15) is 0 Å². The van der Waals surface area contributed by atoms with Gasteiger partial charge >= 0.3 is 0 Å². The van der Waals surface area contributed by atoms with E-state index in [1.165, 1.54) is 43.4 Å². The van der Waals surface area contributed by atoms with Gasteiger partial charge in [-0.1, -0.05) is 44.8 Å². The molecule has 2 unspecified atom stereocenters. The summed E-state index contributed by atoms with van der Waals surface area (Å²) >= 11 is 0. The zero-order valence-corrected chi connectivity index (χ0v) is 13.9. The molecule has 0 saturated heterocycles. The van der Waals surface area contributed by atoms with E-state index in [-0.39, 0.29) is 0 Å². The van der Waals surface area contributed by atoms with Gasteiger partial charge in [0.05, 0.1) is 0 Å². The quantitative estimate of drug-likeness (QED) is 0.460. The van der Waals surface area contributed by atoms with Crippen molar-refractivity contribution in [3.8, 4) is 0 Å². The van der Waals surface area contributed by atoms with E-state index in [2.05, 4.69) is 39.6 Å². The Labute approximate surface area is 120 Å². The van der Waals surface area contributed by atoms with Crippen LogP contribution in [-0.2, 0) is 0 Å². The third-order valence-corrected chi connectivity index (χ3v) is 4.91. The van der Waals surface area contributed by atoms with Crippen molar-refractivity contribution in [2.24, 2.45) is 22.7 Å². The molecule has 1 aliphatic rings. The van der Waals surface area contributed by atoms with Crippen molar-refractivity contribution in [3.05, 3.63) is 11.1 Å². The molecule has 1 heteroatoms. The van der Waals surface area contributed by atoms with E-state index in [1.807, 2.05) is 7.05 Å². The number of aliphatic imine (C=N–C) groups is 1. The van der Waals surface area contributed by atoms with Gasteiger partial charge in [-0.25, -0.2) is 0 Å². The molecule has 0 N–H and O–H groups in total. The smallest absolute Gasteiger partial charge is 0.0276 e. The van der Waals surface area contributed by atoms with Crippen LogP contribution in [0.5, 0.6) is 0 Å². The first kappa shape index (κ1) is 16.5. The maximum Gasteiger partial charge on any atom is 0.0276 e. The van der Waals surface area contributed by atoms with Crippen LogP contribution in [0.1, 0.15) is 73.1 Å². The number of hydrogen-bond donors (Lipinski definition) is 0. The van der Waals surface area contributed by atoms with Gasteiger partial charge in [-0.3, -0.25) is 4.99 Å². The summed E-state index contributed by atoms with van der Waals surface area (Å²) in [4.78, 5) is 4.57. The summed E-state index contributed by atoms with van der Waals surface area (Å²) in [5, 5.41) is 0. The fourth-order valence-electron chi connectivity index (χ4n) is 3.61. The highest BCUT2D eigenvalue weighted by molar-refractivity contribution is 5.89. The minimum atomic E-state index is 0.633. The van der Waals surface area contributed by atoms with Crippen LogP contribution in [0.4, 0.5) is 0 Å². The SMILES string of the molecule is CC/C(=N/C)C1CCCC(C(C)C)CCC1=C(C)C. The van der Waals surface area contributed by atoms with Crippen LogP contribution in [0.25, 0.3) is 0 Å². The van der Waals surface area contributed by atoms with E-state index in [4.69, 9.17) is 0 Å². The van der Waals surface area contributed by atoms with Gasteiger partial charge in [0, 0.05) is 18.7 Å². The number of hydrogen-bond acceptors (Lipinski definition) is 1. The normalized spacial score (nSPS) is 26.3. The average molecular weight is 263 g/mol. The van der Waals surface area contributed by atoms with Gasteiger partial charge < -0.3 is 0 Å². The third-order valence-electron chi connectivity index (χ3n) is 4.91. The first-order chi connectivity index (χ1) is 9.01. The molecule has 1 fully saturated rings. The Bertz CT molecular complexity index is 332. The second kappa shape index (κ2) is 7.87. The Morgan fingerprint density at radius 3 is 2.37 bits per heavy atom. The van der Waals surface area contributed by atoms with Crippen molar-refractivity contribution in [1.29, 1.82) is 0 Å².